The summed E-state index contributed by atoms with van der Waals surface area (Å²) in [4.78, 5) is 12.1. The lowest BCUT2D eigenvalue weighted by atomic mass is 9.94. The van der Waals surface area contributed by atoms with Crippen LogP contribution in [0.15, 0.2) is 59.5 Å². The van der Waals surface area contributed by atoms with Gasteiger partial charge in [-0.15, -0.1) is 0 Å². The van der Waals surface area contributed by atoms with Gasteiger partial charge < -0.3 is 5.32 Å². The predicted octanol–water partition coefficient (Wildman–Crippen LogP) is 3.65. The van der Waals surface area contributed by atoms with Crippen LogP contribution >= 0.6 is 0 Å². The molecule has 1 heterocycles. The van der Waals surface area contributed by atoms with Crippen LogP contribution in [0.3, 0.4) is 0 Å². The molecule has 2 aromatic carbocycles. The van der Waals surface area contributed by atoms with Gasteiger partial charge in [0.25, 0.3) is 0 Å². The second-order valence-corrected chi connectivity index (χ2v) is 8.72. The van der Waals surface area contributed by atoms with Crippen molar-refractivity contribution in [3.8, 4) is 0 Å². The molecule has 144 valence electrons. The second-order valence-electron chi connectivity index (χ2n) is 6.78. The Bertz CT molecular complexity index is 887. The fraction of sp³-hybridized carbons (Fsp3) is 0.350. The fourth-order valence-electron chi connectivity index (χ4n) is 3.34. The Labute approximate surface area is 159 Å². The van der Waals surface area contributed by atoms with Crippen LogP contribution < -0.4 is 5.32 Å². The van der Waals surface area contributed by atoms with Gasteiger partial charge in [-0.1, -0.05) is 24.3 Å². The minimum atomic E-state index is -3.71. The third kappa shape index (κ3) is 5.14. The maximum Gasteiger partial charge on any atom is 0.243 e. The molecule has 1 saturated heterocycles. The minimum absolute atomic E-state index is 0.0232. The Balaban J connectivity index is 1.57. The molecule has 1 fully saturated rings. The molecule has 1 amide bonds. The van der Waals surface area contributed by atoms with Crippen molar-refractivity contribution >= 4 is 21.6 Å². The molecule has 0 aromatic heterocycles. The van der Waals surface area contributed by atoms with E-state index in [2.05, 4.69) is 5.32 Å². The first kappa shape index (κ1) is 19.5. The second kappa shape index (κ2) is 8.63. The SMILES string of the molecule is O=C(CCC1CCCN(S(=O)(=O)c2cccc(F)c2)C1)Nc1ccccc1. The van der Waals surface area contributed by atoms with E-state index in [4.69, 9.17) is 0 Å². The largest absolute Gasteiger partial charge is 0.326 e. The van der Waals surface area contributed by atoms with E-state index in [9.17, 15) is 17.6 Å². The summed E-state index contributed by atoms with van der Waals surface area (Å²) in [6.45, 7) is 0.781. The molecule has 0 saturated carbocycles. The summed E-state index contributed by atoms with van der Waals surface area (Å²) in [5.74, 6) is -0.530. The van der Waals surface area contributed by atoms with Crippen molar-refractivity contribution in [2.75, 3.05) is 18.4 Å². The number of nitrogens with one attached hydrogen (secondary N) is 1. The van der Waals surface area contributed by atoms with Crippen LogP contribution in [0, 0.1) is 11.7 Å². The first-order valence-electron chi connectivity index (χ1n) is 9.06. The number of para-hydroxylation sites is 1. The number of piperidine rings is 1. The lowest BCUT2D eigenvalue weighted by Gasteiger charge is -2.32. The fourth-order valence-corrected chi connectivity index (χ4v) is 4.92. The highest BCUT2D eigenvalue weighted by Crippen LogP contribution is 2.26. The molecule has 1 aliphatic rings. The monoisotopic (exact) mass is 390 g/mol. The molecule has 1 atom stereocenters. The first-order chi connectivity index (χ1) is 12.9. The molecule has 0 bridgehead atoms. The molecule has 27 heavy (non-hydrogen) atoms. The molecule has 5 nitrogen and oxygen atoms in total. The van der Waals surface area contributed by atoms with Crippen molar-refractivity contribution in [2.45, 2.75) is 30.6 Å². The molecule has 1 aliphatic heterocycles. The highest BCUT2D eigenvalue weighted by Gasteiger charge is 2.30. The van der Waals surface area contributed by atoms with Crippen molar-refractivity contribution < 1.29 is 17.6 Å². The first-order valence-corrected chi connectivity index (χ1v) is 10.5. The van der Waals surface area contributed by atoms with Gasteiger partial charge in [-0.2, -0.15) is 4.31 Å². The Morgan fingerprint density at radius 1 is 1.15 bits per heavy atom. The topological polar surface area (TPSA) is 66.5 Å². The number of amides is 1. The Hall–Kier alpha value is -2.25. The highest BCUT2D eigenvalue weighted by atomic mass is 32.2. The van der Waals surface area contributed by atoms with Gasteiger partial charge in [-0.3, -0.25) is 4.79 Å². The number of halogens is 1. The maximum absolute atomic E-state index is 13.4. The van der Waals surface area contributed by atoms with Gasteiger partial charge in [0.15, 0.2) is 0 Å². The van der Waals surface area contributed by atoms with Crippen LogP contribution in [0.25, 0.3) is 0 Å². The van der Waals surface area contributed by atoms with Gasteiger partial charge in [0.05, 0.1) is 4.90 Å². The summed E-state index contributed by atoms with van der Waals surface area (Å²) in [6.07, 6.45) is 2.58. The van der Waals surface area contributed by atoms with Crippen LogP contribution in [0.2, 0.25) is 0 Å². The predicted molar refractivity (Wildman–Crippen MR) is 102 cm³/mol. The standard InChI is InChI=1S/C20H23FN2O3S/c21-17-7-4-10-19(14-17)27(25,26)23-13-5-6-16(15-23)11-12-20(24)22-18-8-2-1-3-9-18/h1-4,7-10,14,16H,5-6,11-13,15H2,(H,22,24). The van der Waals surface area contributed by atoms with Crippen molar-refractivity contribution in [3.63, 3.8) is 0 Å². The minimum Gasteiger partial charge on any atom is -0.326 e. The van der Waals surface area contributed by atoms with Crippen LogP contribution in [0.4, 0.5) is 10.1 Å². The molecule has 3 rings (SSSR count). The highest BCUT2D eigenvalue weighted by molar-refractivity contribution is 7.89. The summed E-state index contributed by atoms with van der Waals surface area (Å²) in [5, 5.41) is 2.84. The lowest BCUT2D eigenvalue weighted by Crippen LogP contribution is -2.40. The van der Waals surface area contributed by atoms with Crippen molar-refractivity contribution in [1.29, 1.82) is 0 Å². The van der Waals surface area contributed by atoms with E-state index in [1.807, 2.05) is 30.3 Å². The zero-order valence-corrected chi connectivity index (χ0v) is 15.8. The number of sulfonamides is 1. The smallest absolute Gasteiger partial charge is 0.243 e. The van der Waals surface area contributed by atoms with E-state index in [-0.39, 0.29) is 16.7 Å². The van der Waals surface area contributed by atoms with Crippen LogP contribution in [-0.2, 0) is 14.8 Å². The number of anilines is 1. The van der Waals surface area contributed by atoms with Crippen LogP contribution in [0.5, 0.6) is 0 Å². The number of hydrogen-bond donors (Lipinski definition) is 1. The van der Waals surface area contributed by atoms with Crippen LogP contribution in [0.1, 0.15) is 25.7 Å². The van der Waals surface area contributed by atoms with E-state index in [1.165, 1.54) is 22.5 Å². The van der Waals surface area contributed by atoms with Crippen molar-refractivity contribution in [2.24, 2.45) is 5.92 Å². The Morgan fingerprint density at radius 3 is 2.67 bits per heavy atom. The third-order valence-electron chi connectivity index (χ3n) is 4.75. The number of rotatable bonds is 6. The molecule has 0 spiro atoms. The average molecular weight is 390 g/mol. The zero-order valence-electron chi connectivity index (χ0n) is 15.0. The van der Waals surface area contributed by atoms with E-state index in [1.54, 1.807) is 0 Å². The van der Waals surface area contributed by atoms with E-state index >= 15 is 0 Å². The van der Waals surface area contributed by atoms with Gasteiger partial charge in [0.1, 0.15) is 5.82 Å². The molecular weight excluding hydrogens is 367 g/mol. The van der Waals surface area contributed by atoms with Gasteiger partial charge >= 0.3 is 0 Å². The third-order valence-corrected chi connectivity index (χ3v) is 6.61. The number of nitrogens with zero attached hydrogens (tertiary/aromatic N) is 1. The Morgan fingerprint density at radius 2 is 1.93 bits per heavy atom. The molecule has 0 aliphatic carbocycles. The van der Waals surface area contributed by atoms with Gasteiger partial charge in [0.2, 0.25) is 15.9 Å². The normalized spacial score (nSPS) is 18.2. The molecule has 1 N–H and O–H groups in total. The van der Waals surface area contributed by atoms with Gasteiger partial charge in [-0.05, 0) is 55.5 Å². The van der Waals surface area contributed by atoms with Gasteiger partial charge in [0, 0.05) is 25.2 Å². The quantitative estimate of drug-likeness (QED) is 0.819. The summed E-state index contributed by atoms with van der Waals surface area (Å²) >= 11 is 0. The van der Waals surface area contributed by atoms with E-state index < -0.39 is 15.8 Å². The number of benzene rings is 2. The average Bonchev–Trinajstić information content (AvgIpc) is 2.67. The van der Waals surface area contributed by atoms with Crippen molar-refractivity contribution in [3.05, 3.63) is 60.4 Å². The summed E-state index contributed by atoms with van der Waals surface area (Å²) in [6, 6.07) is 14.3. The maximum atomic E-state index is 13.4. The Kier molecular flexibility index (Phi) is 6.23. The van der Waals surface area contributed by atoms with Crippen molar-refractivity contribution in [1.82, 2.24) is 4.31 Å². The number of carbonyl (C=O) groups excluding carboxylic acids is 1. The summed E-state index contributed by atoms with van der Waals surface area (Å²) in [5.41, 5.74) is 0.751. The summed E-state index contributed by atoms with van der Waals surface area (Å²) < 4.78 is 40.3. The van der Waals surface area contributed by atoms with E-state index in [0.29, 0.717) is 25.9 Å². The summed E-state index contributed by atoms with van der Waals surface area (Å²) in [7, 11) is -3.71. The molecule has 1 unspecified atom stereocenters. The molecule has 0 radical (unpaired) electrons. The molecule has 2 aromatic rings. The van der Waals surface area contributed by atoms with Crippen LogP contribution in [-0.4, -0.2) is 31.7 Å². The number of carbonyl (C=O) groups is 1. The molecule has 7 heteroatoms. The van der Waals surface area contributed by atoms with E-state index in [0.717, 1.165) is 24.6 Å². The molecular formula is C20H23FN2O3S. The lowest BCUT2D eigenvalue weighted by molar-refractivity contribution is -0.116. The zero-order chi connectivity index (χ0) is 19.3. The van der Waals surface area contributed by atoms with Gasteiger partial charge in [-0.25, -0.2) is 12.8 Å². The number of hydrogen-bond acceptors (Lipinski definition) is 3.